The summed E-state index contributed by atoms with van der Waals surface area (Å²) in [5.74, 6) is 0.491. The summed E-state index contributed by atoms with van der Waals surface area (Å²) in [6.07, 6.45) is 13.9. The molecule has 3 rings (SSSR count). The highest BCUT2D eigenvalue weighted by atomic mass is 16.1. The number of hydrogen-bond acceptors (Lipinski definition) is 2. The number of carbonyl (C=O) groups is 2. The Labute approximate surface area is 217 Å². The lowest BCUT2D eigenvalue weighted by molar-refractivity contribution is 0.0971. The number of carbonyl (C=O) groups excluding carboxylic acids is 2. The molecule has 0 radical (unpaired) electrons. The van der Waals surface area contributed by atoms with E-state index >= 15 is 0 Å². The van der Waals surface area contributed by atoms with Crippen molar-refractivity contribution in [3.63, 3.8) is 0 Å². The molecule has 0 saturated heterocycles. The second-order valence-electron chi connectivity index (χ2n) is 9.68. The Morgan fingerprint density at radius 1 is 0.639 bits per heavy atom. The summed E-state index contributed by atoms with van der Waals surface area (Å²) in [5.41, 5.74) is 7.13. The smallest absolute Gasteiger partial charge is 0.162 e. The largest absolute Gasteiger partial charge is 0.294 e. The van der Waals surface area contributed by atoms with Gasteiger partial charge in [-0.25, -0.2) is 0 Å². The SMILES string of the molecule is C/C=C/c1cc(CCCCCC(=O)c2ccccc2)c(C)cc1CCCCCC(=O)c1ccccc1. The maximum absolute atomic E-state index is 12.3. The van der Waals surface area contributed by atoms with Gasteiger partial charge in [-0.2, -0.15) is 0 Å². The van der Waals surface area contributed by atoms with E-state index in [4.69, 9.17) is 0 Å². The highest BCUT2D eigenvalue weighted by molar-refractivity contribution is 5.96. The molecule has 188 valence electrons. The molecule has 0 amide bonds. The lowest BCUT2D eigenvalue weighted by Crippen LogP contribution is -2.00. The molecule has 0 spiro atoms. The summed E-state index contributed by atoms with van der Waals surface area (Å²) in [6, 6.07) is 23.9. The number of hydrogen-bond donors (Lipinski definition) is 0. The lowest BCUT2D eigenvalue weighted by Gasteiger charge is -2.13. The van der Waals surface area contributed by atoms with Gasteiger partial charge in [-0.3, -0.25) is 9.59 Å². The molecule has 0 unspecified atom stereocenters. The van der Waals surface area contributed by atoms with E-state index < -0.39 is 0 Å². The third-order valence-corrected chi connectivity index (χ3v) is 6.84. The zero-order chi connectivity index (χ0) is 25.6. The Hall–Kier alpha value is -3.26. The molecule has 0 bridgehead atoms. The van der Waals surface area contributed by atoms with Gasteiger partial charge in [0.25, 0.3) is 0 Å². The summed E-state index contributed by atoms with van der Waals surface area (Å²) in [4.78, 5) is 24.6. The second-order valence-corrected chi connectivity index (χ2v) is 9.68. The van der Waals surface area contributed by atoms with Gasteiger partial charge in [0.15, 0.2) is 11.6 Å². The number of Topliss-reactive ketones (excluding diaryl/α,β-unsaturated/α-hetero) is 2. The number of ketones is 2. The first-order valence-corrected chi connectivity index (χ1v) is 13.5. The fourth-order valence-corrected chi connectivity index (χ4v) is 4.74. The van der Waals surface area contributed by atoms with Crippen LogP contribution in [0.25, 0.3) is 6.08 Å². The Bertz CT molecular complexity index is 1130. The van der Waals surface area contributed by atoms with Crippen LogP contribution in [0.1, 0.15) is 101 Å². The maximum atomic E-state index is 12.3. The topological polar surface area (TPSA) is 34.1 Å². The number of benzene rings is 3. The molecule has 3 aromatic rings. The molecule has 0 aliphatic carbocycles. The van der Waals surface area contributed by atoms with Crippen LogP contribution in [-0.4, -0.2) is 11.6 Å². The average molecular weight is 481 g/mol. The Kier molecular flexibility index (Phi) is 11.4. The minimum Gasteiger partial charge on any atom is -0.294 e. The molecule has 0 N–H and O–H groups in total. The van der Waals surface area contributed by atoms with E-state index in [0.717, 1.165) is 62.5 Å². The fourth-order valence-electron chi connectivity index (χ4n) is 4.74. The zero-order valence-corrected chi connectivity index (χ0v) is 22.0. The highest BCUT2D eigenvalue weighted by Gasteiger charge is 2.09. The second kappa shape index (κ2) is 15.0. The quantitative estimate of drug-likeness (QED) is 0.161. The lowest BCUT2D eigenvalue weighted by atomic mass is 9.92. The van der Waals surface area contributed by atoms with E-state index in [1.165, 1.54) is 22.3 Å². The van der Waals surface area contributed by atoms with Gasteiger partial charge in [0.1, 0.15) is 0 Å². The maximum Gasteiger partial charge on any atom is 0.162 e. The molecule has 0 aliphatic heterocycles. The van der Waals surface area contributed by atoms with E-state index in [9.17, 15) is 9.59 Å². The van der Waals surface area contributed by atoms with Crippen molar-refractivity contribution in [1.82, 2.24) is 0 Å². The van der Waals surface area contributed by atoms with Crippen molar-refractivity contribution in [2.45, 2.75) is 78.1 Å². The van der Waals surface area contributed by atoms with Crippen molar-refractivity contribution in [1.29, 1.82) is 0 Å². The van der Waals surface area contributed by atoms with E-state index in [2.05, 4.69) is 38.1 Å². The molecule has 0 saturated carbocycles. The van der Waals surface area contributed by atoms with Gasteiger partial charge >= 0.3 is 0 Å². The van der Waals surface area contributed by atoms with E-state index in [1.807, 2.05) is 60.7 Å². The molecule has 3 aromatic carbocycles. The monoisotopic (exact) mass is 480 g/mol. The van der Waals surface area contributed by atoms with Crippen molar-refractivity contribution >= 4 is 17.6 Å². The normalized spacial score (nSPS) is 11.2. The Morgan fingerprint density at radius 3 is 1.64 bits per heavy atom. The van der Waals surface area contributed by atoms with Crippen LogP contribution in [0.3, 0.4) is 0 Å². The van der Waals surface area contributed by atoms with Crippen molar-refractivity contribution in [3.05, 3.63) is 112 Å². The van der Waals surface area contributed by atoms with Gasteiger partial charge in [-0.15, -0.1) is 0 Å². The molecule has 0 atom stereocenters. The minimum absolute atomic E-state index is 0.245. The number of allylic oxidation sites excluding steroid dienone is 1. The van der Waals surface area contributed by atoms with Crippen LogP contribution in [0.5, 0.6) is 0 Å². The third kappa shape index (κ3) is 8.75. The summed E-state index contributed by atoms with van der Waals surface area (Å²) in [5, 5.41) is 0. The zero-order valence-electron chi connectivity index (χ0n) is 22.0. The van der Waals surface area contributed by atoms with Gasteiger partial charge in [-0.1, -0.05) is 97.8 Å². The molecular weight excluding hydrogens is 440 g/mol. The average Bonchev–Trinajstić information content (AvgIpc) is 2.91. The summed E-state index contributed by atoms with van der Waals surface area (Å²) in [7, 11) is 0. The van der Waals surface area contributed by atoms with E-state index in [1.54, 1.807) is 0 Å². The van der Waals surface area contributed by atoms with Crippen molar-refractivity contribution in [2.75, 3.05) is 0 Å². The Morgan fingerprint density at radius 2 is 1.14 bits per heavy atom. The summed E-state index contributed by atoms with van der Waals surface area (Å²) < 4.78 is 0. The van der Waals surface area contributed by atoms with Crippen LogP contribution in [-0.2, 0) is 12.8 Å². The van der Waals surface area contributed by atoms with Gasteiger partial charge in [0, 0.05) is 24.0 Å². The molecule has 0 fully saturated rings. The molecule has 36 heavy (non-hydrogen) atoms. The van der Waals surface area contributed by atoms with Crippen LogP contribution in [0.4, 0.5) is 0 Å². The van der Waals surface area contributed by atoms with E-state index in [0.29, 0.717) is 12.8 Å². The fraction of sp³-hybridized carbons (Fsp3) is 0.353. The van der Waals surface area contributed by atoms with E-state index in [-0.39, 0.29) is 11.6 Å². The van der Waals surface area contributed by atoms with Crippen LogP contribution in [0.2, 0.25) is 0 Å². The number of unbranched alkanes of at least 4 members (excludes halogenated alkanes) is 4. The van der Waals surface area contributed by atoms with Gasteiger partial charge < -0.3 is 0 Å². The van der Waals surface area contributed by atoms with Crippen LogP contribution < -0.4 is 0 Å². The highest BCUT2D eigenvalue weighted by Crippen LogP contribution is 2.23. The van der Waals surface area contributed by atoms with Gasteiger partial charge in [-0.05, 0) is 74.6 Å². The first-order valence-electron chi connectivity index (χ1n) is 13.5. The predicted octanol–water partition coefficient (Wildman–Crippen LogP) is 9.00. The van der Waals surface area contributed by atoms with Crippen molar-refractivity contribution < 1.29 is 9.59 Å². The number of rotatable bonds is 15. The van der Waals surface area contributed by atoms with Crippen molar-refractivity contribution in [3.8, 4) is 0 Å². The standard InChI is InChI=1S/C34H40O2/c1-3-16-31-26-30(21-12-6-14-23-33(35)28-17-8-4-9-18-28)27(2)25-32(31)22-13-7-15-24-34(36)29-19-10-5-11-20-29/h3-5,8-11,16-20,25-26H,6-7,12-15,21-24H2,1-2H3/b16-3+. The minimum atomic E-state index is 0.245. The van der Waals surface area contributed by atoms with Gasteiger partial charge in [0.2, 0.25) is 0 Å². The molecule has 0 heterocycles. The molecule has 2 heteroatoms. The first kappa shape index (κ1) is 27.3. The third-order valence-electron chi connectivity index (χ3n) is 6.84. The molecule has 0 aromatic heterocycles. The molecule has 0 aliphatic rings. The Balaban J connectivity index is 1.43. The van der Waals surface area contributed by atoms with Crippen LogP contribution >= 0.6 is 0 Å². The van der Waals surface area contributed by atoms with Crippen LogP contribution in [0, 0.1) is 6.92 Å². The first-order chi connectivity index (χ1) is 17.6. The molecular formula is C34H40O2. The predicted molar refractivity (Wildman–Crippen MR) is 152 cm³/mol. The molecule has 2 nitrogen and oxygen atoms in total. The number of aryl methyl sites for hydroxylation is 3. The summed E-state index contributed by atoms with van der Waals surface area (Å²) in [6.45, 7) is 4.29. The summed E-state index contributed by atoms with van der Waals surface area (Å²) >= 11 is 0. The van der Waals surface area contributed by atoms with Gasteiger partial charge in [0.05, 0.1) is 0 Å². The van der Waals surface area contributed by atoms with Crippen LogP contribution in [0.15, 0.2) is 78.9 Å². The van der Waals surface area contributed by atoms with Crippen molar-refractivity contribution in [2.24, 2.45) is 0 Å².